The lowest BCUT2D eigenvalue weighted by molar-refractivity contribution is 0.104. The number of nitrogens with one attached hydrogen (secondary N) is 1. The van der Waals surface area contributed by atoms with Crippen LogP contribution in [0, 0.1) is 11.8 Å². The van der Waals surface area contributed by atoms with Crippen molar-refractivity contribution in [1.29, 1.82) is 0 Å². The first-order valence-electron chi connectivity index (χ1n) is 6.95. The lowest BCUT2D eigenvalue weighted by atomic mass is 10.1. The molecule has 2 aromatic heterocycles. The monoisotopic (exact) mass is 320 g/mol. The molecule has 2 aliphatic rings. The molecule has 0 spiro atoms. The van der Waals surface area contributed by atoms with E-state index in [9.17, 15) is 5.11 Å². The first kappa shape index (κ1) is 13.6. The predicted octanol–water partition coefficient (Wildman–Crippen LogP) is 1.75. The summed E-state index contributed by atoms with van der Waals surface area (Å²) in [5.41, 5.74) is 9.83. The number of nitrogens with zero attached hydrogens (tertiary/aromatic N) is 7. The number of hydrogen-bond acceptors (Lipinski definition) is 6. The first-order valence-corrected chi connectivity index (χ1v) is 7.33. The molecule has 0 saturated heterocycles. The molecule has 10 heteroatoms. The van der Waals surface area contributed by atoms with Crippen LogP contribution in [-0.2, 0) is 0 Å². The summed E-state index contributed by atoms with van der Waals surface area (Å²) in [6, 6.07) is -0.597. The van der Waals surface area contributed by atoms with Gasteiger partial charge in [-0.05, 0) is 35.4 Å². The molecule has 2 heterocycles. The Kier molecular flexibility index (Phi) is 2.90. The molecule has 0 aromatic carbocycles. The topological polar surface area (TPSA) is 125 Å². The van der Waals surface area contributed by atoms with Crippen LogP contribution in [0.4, 0.5) is 5.82 Å². The number of anilines is 1. The van der Waals surface area contributed by atoms with E-state index in [4.69, 9.17) is 17.1 Å². The fraction of sp³-hybridized carbons (Fsp3) is 0.583. The lowest BCUT2D eigenvalue weighted by Crippen LogP contribution is -2.30. The minimum absolute atomic E-state index is 0.116. The molecule has 2 aromatic rings. The second-order valence-electron chi connectivity index (χ2n) is 5.66. The van der Waals surface area contributed by atoms with Crippen molar-refractivity contribution < 1.29 is 5.11 Å². The van der Waals surface area contributed by atoms with Gasteiger partial charge < -0.3 is 15.0 Å². The van der Waals surface area contributed by atoms with Crippen molar-refractivity contribution in [1.82, 2.24) is 19.5 Å². The molecule has 2 N–H and O–H groups in total. The Morgan fingerprint density at radius 1 is 1.50 bits per heavy atom. The quantitative estimate of drug-likeness (QED) is 0.386. The normalized spacial score (nSPS) is 32.6. The summed E-state index contributed by atoms with van der Waals surface area (Å²) < 4.78 is 1.83. The zero-order valence-corrected chi connectivity index (χ0v) is 12.4. The van der Waals surface area contributed by atoms with Crippen molar-refractivity contribution in [2.24, 2.45) is 17.0 Å². The molecule has 0 aliphatic heterocycles. The summed E-state index contributed by atoms with van der Waals surface area (Å²) in [6.45, 7) is 0. The largest absolute Gasteiger partial charge is 0.391 e. The number of aliphatic hydroxyl groups excluding tert-OH is 1. The van der Waals surface area contributed by atoms with Gasteiger partial charge in [-0.15, -0.1) is 0 Å². The van der Waals surface area contributed by atoms with Crippen molar-refractivity contribution in [2.75, 3.05) is 12.4 Å². The minimum Gasteiger partial charge on any atom is -0.391 e. The molecule has 0 bridgehead atoms. The third kappa shape index (κ3) is 1.76. The Balaban J connectivity index is 1.82. The summed E-state index contributed by atoms with van der Waals surface area (Å²) in [6.07, 6.45) is 1.82. The molecule has 114 valence electrons. The standard InChI is InChI=1S/C12H13ClN8O/c1-15-10-7-11(18-12(13)17-10)21(3-16-7)8-5-2-4(5)6(9(8)22)19-20-14/h3-6,8-9,22H,2H2,1H3,(H,15,17,18)/t4-,5+,6+,8+,9+/m0/s1. The first-order chi connectivity index (χ1) is 10.7. The number of aromatic nitrogens is 4. The number of azide groups is 1. The molecule has 22 heavy (non-hydrogen) atoms. The smallest absolute Gasteiger partial charge is 0.226 e. The Labute approximate surface area is 130 Å². The van der Waals surface area contributed by atoms with Crippen molar-refractivity contribution in [3.05, 3.63) is 22.1 Å². The van der Waals surface area contributed by atoms with E-state index in [1.165, 1.54) is 0 Å². The van der Waals surface area contributed by atoms with Gasteiger partial charge in [-0.1, -0.05) is 5.11 Å². The van der Waals surface area contributed by atoms with E-state index >= 15 is 0 Å². The van der Waals surface area contributed by atoms with Crippen LogP contribution in [0.5, 0.6) is 0 Å². The number of halogens is 1. The van der Waals surface area contributed by atoms with Gasteiger partial charge in [0, 0.05) is 12.0 Å². The average molecular weight is 321 g/mol. The van der Waals surface area contributed by atoms with E-state index in [0.717, 1.165) is 6.42 Å². The zero-order valence-electron chi connectivity index (χ0n) is 11.6. The molecular weight excluding hydrogens is 308 g/mol. The third-order valence-corrected chi connectivity index (χ3v) is 4.77. The van der Waals surface area contributed by atoms with Crippen LogP contribution in [-0.4, -0.2) is 43.8 Å². The van der Waals surface area contributed by atoms with Gasteiger partial charge in [-0.25, -0.2) is 4.98 Å². The summed E-state index contributed by atoms with van der Waals surface area (Å²) in [5.74, 6) is 1.05. The summed E-state index contributed by atoms with van der Waals surface area (Å²) >= 11 is 5.97. The van der Waals surface area contributed by atoms with E-state index in [2.05, 4.69) is 30.3 Å². The summed E-state index contributed by atoms with van der Waals surface area (Å²) in [4.78, 5) is 15.5. The van der Waals surface area contributed by atoms with E-state index in [-0.39, 0.29) is 23.2 Å². The van der Waals surface area contributed by atoms with Gasteiger partial charge in [0.25, 0.3) is 0 Å². The van der Waals surface area contributed by atoms with Crippen molar-refractivity contribution in [2.45, 2.75) is 24.6 Å². The van der Waals surface area contributed by atoms with Gasteiger partial charge in [0.2, 0.25) is 5.28 Å². The van der Waals surface area contributed by atoms with Gasteiger partial charge in [-0.2, -0.15) is 9.97 Å². The molecule has 2 saturated carbocycles. The molecule has 5 atom stereocenters. The molecular formula is C12H13ClN8O. The van der Waals surface area contributed by atoms with Crippen LogP contribution in [0.15, 0.2) is 11.4 Å². The van der Waals surface area contributed by atoms with Crippen LogP contribution in [0.2, 0.25) is 5.28 Å². The Hall–Kier alpha value is -2.09. The third-order valence-electron chi connectivity index (χ3n) is 4.61. The average Bonchev–Trinajstić information content (AvgIpc) is 3.08. The van der Waals surface area contributed by atoms with Gasteiger partial charge in [-0.3, -0.25) is 0 Å². The second kappa shape index (κ2) is 4.70. The highest BCUT2D eigenvalue weighted by atomic mass is 35.5. The second-order valence-corrected chi connectivity index (χ2v) is 5.99. The van der Waals surface area contributed by atoms with E-state index in [0.29, 0.717) is 17.0 Å². The molecule has 2 fully saturated rings. The molecule has 9 nitrogen and oxygen atoms in total. The number of rotatable bonds is 3. The number of hydrogen-bond donors (Lipinski definition) is 2. The highest BCUT2D eigenvalue weighted by molar-refractivity contribution is 6.28. The summed E-state index contributed by atoms with van der Waals surface area (Å²) in [7, 11) is 1.73. The van der Waals surface area contributed by atoms with Gasteiger partial charge in [0.1, 0.15) is 0 Å². The van der Waals surface area contributed by atoms with Crippen LogP contribution >= 0.6 is 11.6 Å². The van der Waals surface area contributed by atoms with Crippen molar-refractivity contribution in [3.63, 3.8) is 0 Å². The zero-order chi connectivity index (χ0) is 15.4. The fourth-order valence-corrected chi connectivity index (χ4v) is 3.76. The molecule has 4 rings (SSSR count). The highest BCUT2D eigenvalue weighted by Gasteiger charge is 2.60. The lowest BCUT2D eigenvalue weighted by Gasteiger charge is -2.22. The van der Waals surface area contributed by atoms with Crippen LogP contribution in [0.1, 0.15) is 12.5 Å². The summed E-state index contributed by atoms with van der Waals surface area (Å²) in [5, 5.41) is 17.3. The molecule has 2 aliphatic carbocycles. The van der Waals surface area contributed by atoms with Gasteiger partial charge >= 0.3 is 0 Å². The van der Waals surface area contributed by atoms with Gasteiger partial charge in [0.05, 0.1) is 24.5 Å². The van der Waals surface area contributed by atoms with Crippen LogP contribution in [0.25, 0.3) is 21.6 Å². The Bertz CT molecular complexity index is 800. The maximum Gasteiger partial charge on any atom is 0.226 e. The number of aliphatic hydroxyl groups is 1. The SMILES string of the molecule is CNc1nc(Cl)nc2c1ncn2[C@H]1[C@H](O)[C@H](N=[N+]=[N-])[C@H]2C[C@H]21. The number of fused-ring (bicyclic) bond motifs is 2. The highest BCUT2D eigenvalue weighted by Crippen LogP contribution is 2.59. The van der Waals surface area contributed by atoms with Crippen molar-refractivity contribution in [3.8, 4) is 0 Å². The molecule has 0 radical (unpaired) electrons. The maximum atomic E-state index is 10.5. The Morgan fingerprint density at radius 2 is 2.32 bits per heavy atom. The van der Waals surface area contributed by atoms with Crippen molar-refractivity contribution >= 4 is 28.6 Å². The molecule has 0 amide bonds. The van der Waals surface area contributed by atoms with E-state index in [1.807, 2.05) is 4.57 Å². The van der Waals surface area contributed by atoms with Crippen LogP contribution in [0.3, 0.4) is 0 Å². The number of imidazole rings is 1. The maximum absolute atomic E-state index is 10.5. The van der Waals surface area contributed by atoms with E-state index < -0.39 is 12.1 Å². The minimum atomic E-state index is -0.746. The van der Waals surface area contributed by atoms with Crippen LogP contribution < -0.4 is 5.32 Å². The van der Waals surface area contributed by atoms with E-state index in [1.54, 1.807) is 13.4 Å². The fourth-order valence-electron chi connectivity index (χ4n) is 3.60. The van der Waals surface area contributed by atoms with Gasteiger partial charge in [0.15, 0.2) is 17.0 Å². The predicted molar refractivity (Wildman–Crippen MR) is 79.5 cm³/mol. The molecule has 0 unspecified atom stereocenters. The Morgan fingerprint density at radius 3 is 3.05 bits per heavy atom.